The van der Waals surface area contributed by atoms with Crippen molar-refractivity contribution >= 4 is 46.2 Å². The van der Waals surface area contributed by atoms with Crippen molar-refractivity contribution in [1.82, 2.24) is 5.32 Å². The number of hydrogen-bond donors (Lipinski definition) is 2. The van der Waals surface area contributed by atoms with Gasteiger partial charge in [-0.05, 0) is 48.0 Å². The van der Waals surface area contributed by atoms with E-state index in [-0.39, 0.29) is 0 Å². The molecule has 5 heteroatoms. The summed E-state index contributed by atoms with van der Waals surface area (Å²) in [4.78, 5) is 0. The topological polar surface area (TPSA) is 24.1 Å². The first kappa shape index (κ1) is 16.1. The van der Waals surface area contributed by atoms with Gasteiger partial charge < -0.3 is 10.6 Å². The third-order valence-electron chi connectivity index (χ3n) is 3.10. The van der Waals surface area contributed by atoms with Crippen LogP contribution in [0.25, 0.3) is 0 Å². The Morgan fingerprint density at radius 1 is 1.10 bits per heavy atom. The molecule has 0 bridgehead atoms. The summed E-state index contributed by atoms with van der Waals surface area (Å²) in [6.45, 7) is 2.67. The monoisotopic (exact) mass is 338 g/mol. The summed E-state index contributed by atoms with van der Waals surface area (Å²) in [5.41, 5.74) is 3.21. The minimum absolute atomic E-state index is 0.552. The highest BCUT2D eigenvalue weighted by molar-refractivity contribution is 7.80. The van der Waals surface area contributed by atoms with Gasteiger partial charge in [-0.1, -0.05) is 54.4 Å². The number of rotatable bonds is 4. The quantitative estimate of drug-likeness (QED) is 0.763. The molecule has 0 unspecified atom stereocenters. The van der Waals surface area contributed by atoms with Crippen LogP contribution in [0.1, 0.15) is 18.1 Å². The molecule has 0 atom stereocenters. The van der Waals surface area contributed by atoms with E-state index in [0.29, 0.717) is 21.7 Å². The van der Waals surface area contributed by atoms with Crippen molar-refractivity contribution in [2.24, 2.45) is 0 Å². The molecular weight excluding hydrogens is 323 g/mol. The van der Waals surface area contributed by atoms with E-state index >= 15 is 0 Å². The lowest BCUT2D eigenvalue weighted by Gasteiger charge is -2.14. The van der Waals surface area contributed by atoms with Crippen molar-refractivity contribution in [2.75, 3.05) is 5.32 Å². The van der Waals surface area contributed by atoms with E-state index in [0.717, 1.165) is 17.7 Å². The average molecular weight is 339 g/mol. The van der Waals surface area contributed by atoms with Crippen molar-refractivity contribution in [2.45, 2.75) is 19.9 Å². The van der Waals surface area contributed by atoms with Gasteiger partial charge in [0.15, 0.2) is 5.11 Å². The number of aryl methyl sites for hydroxylation is 1. The second-order valence-corrected chi connectivity index (χ2v) is 5.81. The summed E-state index contributed by atoms with van der Waals surface area (Å²) >= 11 is 17.3. The lowest BCUT2D eigenvalue weighted by molar-refractivity contribution is 0.925. The van der Waals surface area contributed by atoms with E-state index in [1.54, 1.807) is 6.07 Å². The van der Waals surface area contributed by atoms with Crippen LogP contribution in [-0.4, -0.2) is 5.11 Å². The number of hydrogen-bond acceptors (Lipinski definition) is 1. The van der Waals surface area contributed by atoms with Gasteiger partial charge in [0.25, 0.3) is 0 Å². The minimum atomic E-state index is 0.552. The van der Waals surface area contributed by atoms with Gasteiger partial charge in [0, 0.05) is 22.3 Å². The number of anilines is 1. The molecule has 2 nitrogen and oxygen atoms in total. The van der Waals surface area contributed by atoms with Crippen molar-refractivity contribution in [3.05, 3.63) is 63.6 Å². The molecule has 0 aliphatic carbocycles. The smallest absolute Gasteiger partial charge is 0.171 e. The van der Waals surface area contributed by atoms with Crippen LogP contribution < -0.4 is 10.6 Å². The lowest BCUT2D eigenvalue weighted by atomic mass is 10.1. The number of halogens is 2. The van der Waals surface area contributed by atoms with Crippen molar-refractivity contribution in [3.8, 4) is 0 Å². The molecule has 0 radical (unpaired) electrons. The van der Waals surface area contributed by atoms with Gasteiger partial charge in [0.1, 0.15) is 0 Å². The Labute approximate surface area is 140 Å². The Morgan fingerprint density at radius 3 is 2.57 bits per heavy atom. The fourth-order valence-electron chi connectivity index (χ4n) is 1.96. The van der Waals surface area contributed by atoms with Gasteiger partial charge >= 0.3 is 0 Å². The average Bonchev–Trinajstić information content (AvgIpc) is 2.47. The highest BCUT2D eigenvalue weighted by Crippen LogP contribution is 2.21. The maximum Gasteiger partial charge on any atom is 0.171 e. The molecule has 0 spiro atoms. The zero-order valence-electron chi connectivity index (χ0n) is 11.6. The van der Waals surface area contributed by atoms with E-state index in [9.17, 15) is 0 Å². The zero-order valence-corrected chi connectivity index (χ0v) is 13.9. The molecule has 2 aromatic rings. The predicted molar refractivity (Wildman–Crippen MR) is 95.3 cm³/mol. The third-order valence-corrected chi connectivity index (χ3v) is 3.93. The first-order valence-electron chi connectivity index (χ1n) is 6.67. The van der Waals surface area contributed by atoms with E-state index in [2.05, 4.69) is 23.6 Å². The highest BCUT2D eigenvalue weighted by atomic mass is 35.5. The molecule has 0 aliphatic rings. The third kappa shape index (κ3) is 4.60. The second kappa shape index (κ2) is 7.64. The molecule has 2 rings (SSSR count). The molecule has 0 saturated heterocycles. The standard InChI is InChI=1S/C16H16Cl2N2S/c1-2-11-5-3-4-6-15(11)20-16(21)19-10-12-7-8-13(17)9-14(12)18/h3-9H,2,10H2,1H3,(H2,19,20,21). The summed E-state index contributed by atoms with van der Waals surface area (Å²) in [5, 5.41) is 8.19. The molecule has 2 aromatic carbocycles. The molecule has 0 saturated carbocycles. The van der Waals surface area contributed by atoms with E-state index in [1.807, 2.05) is 30.3 Å². The number of para-hydroxylation sites is 1. The molecular formula is C16H16Cl2N2S. The van der Waals surface area contributed by atoms with Gasteiger partial charge in [-0.2, -0.15) is 0 Å². The first-order valence-corrected chi connectivity index (χ1v) is 7.83. The first-order chi connectivity index (χ1) is 10.1. The van der Waals surface area contributed by atoms with Crippen LogP contribution >= 0.6 is 35.4 Å². The zero-order chi connectivity index (χ0) is 15.2. The molecule has 0 aromatic heterocycles. The summed E-state index contributed by atoms with van der Waals surface area (Å²) < 4.78 is 0. The summed E-state index contributed by atoms with van der Waals surface area (Å²) in [6, 6.07) is 13.5. The summed E-state index contributed by atoms with van der Waals surface area (Å²) in [5.74, 6) is 0. The number of thiocarbonyl (C=S) groups is 1. The number of nitrogens with one attached hydrogen (secondary N) is 2. The molecule has 21 heavy (non-hydrogen) atoms. The fourth-order valence-corrected chi connectivity index (χ4v) is 2.62. The van der Waals surface area contributed by atoms with E-state index in [1.165, 1.54) is 5.56 Å². The molecule has 0 heterocycles. The fraction of sp³-hybridized carbons (Fsp3) is 0.188. The summed E-state index contributed by atoms with van der Waals surface area (Å²) in [7, 11) is 0. The van der Waals surface area contributed by atoms with Crippen molar-refractivity contribution < 1.29 is 0 Å². The second-order valence-electron chi connectivity index (χ2n) is 4.55. The van der Waals surface area contributed by atoms with Crippen LogP contribution in [0.4, 0.5) is 5.69 Å². The molecule has 2 N–H and O–H groups in total. The van der Waals surface area contributed by atoms with E-state index < -0.39 is 0 Å². The SMILES string of the molecule is CCc1ccccc1NC(=S)NCc1ccc(Cl)cc1Cl. The minimum Gasteiger partial charge on any atom is -0.358 e. The van der Waals surface area contributed by atoms with Gasteiger partial charge in [0.05, 0.1) is 0 Å². The molecule has 0 aliphatic heterocycles. The van der Waals surface area contributed by atoms with Gasteiger partial charge in [-0.15, -0.1) is 0 Å². The predicted octanol–water partition coefficient (Wildman–Crippen LogP) is 5.04. The Balaban J connectivity index is 1.96. The normalized spacial score (nSPS) is 10.2. The van der Waals surface area contributed by atoms with Crippen LogP contribution in [0.2, 0.25) is 10.0 Å². The largest absolute Gasteiger partial charge is 0.358 e. The van der Waals surface area contributed by atoms with Gasteiger partial charge in [-0.25, -0.2) is 0 Å². The molecule has 110 valence electrons. The Kier molecular flexibility index (Phi) is 5.85. The van der Waals surface area contributed by atoms with Gasteiger partial charge in [0.2, 0.25) is 0 Å². The Bertz CT molecular complexity index is 644. The lowest BCUT2D eigenvalue weighted by Crippen LogP contribution is -2.28. The maximum absolute atomic E-state index is 6.13. The summed E-state index contributed by atoms with van der Waals surface area (Å²) in [6.07, 6.45) is 0.953. The Morgan fingerprint density at radius 2 is 1.86 bits per heavy atom. The van der Waals surface area contributed by atoms with Crippen LogP contribution in [0.3, 0.4) is 0 Å². The van der Waals surface area contributed by atoms with Crippen LogP contribution in [0.15, 0.2) is 42.5 Å². The highest BCUT2D eigenvalue weighted by Gasteiger charge is 2.04. The molecule has 0 amide bonds. The maximum atomic E-state index is 6.13. The molecule has 0 fully saturated rings. The van der Waals surface area contributed by atoms with Crippen molar-refractivity contribution in [3.63, 3.8) is 0 Å². The Hall–Kier alpha value is -1.29. The van der Waals surface area contributed by atoms with Crippen molar-refractivity contribution in [1.29, 1.82) is 0 Å². The van der Waals surface area contributed by atoms with E-state index in [4.69, 9.17) is 35.4 Å². The van der Waals surface area contributed by atoms with Crippen LogP contribution in [0.5, 0.6) is 0 Å². The van der Waals surface area contributed by atoms with Crippen LogP contribution in [0, 0.1) is 0 Å². The van der Waals surface area contributed by atoms with Crippen LogP contribution in [-0.2, 0) is 13.0 Å². The number of benzene rings is 2. The van der Waals surface area contributed by atoms with Gasteiger partial charge in [-0.3, -0.25) is 0 Å².